The minimum atomic E-state index is -0.567. The van der Waals surface area contributed by atoms with Gasteiger partial charge in [0.15, 0.2) is 11.5 Å². The molecule has 2 aromatic carbocycles. The highest BCUT2D eigenvalue weighted by Gasteiger charge is 2.17. The van der Waals surface area contributed by atoms with Crippen LogP contribution in [0, 0.1) is 0 Å². The molecule has 0 heterocycles. The molecule has 6 heteroatoms. The van der Waals surface area contributed by atoms with Crippen LogP contribution >= 0.6 is 27.5 Å². The fourth-order valence-electron chi connectivity index (χ4n) is 1.79. The average Bonchev–Trinajstić information content (AvgIpc) is 2.50. The van der Waals surface area contributed by atoms with Crippen LogP contribution in [0.25, 0.3) is 0 Å². The third-order valence-corrected chi connectivity index (χ3v) is 3.50. The molecule has 2 rings (SSSR count). The van der Waals surface area contributed by atoms with Gasteiger partial charge in [0.05, 0.1) is 17.2 Å². The Hall–Kier alpha value is -1.85. The number of benzene rings is 2. The van der Waals surface area contributed by atoms with Gasteiger partial charge >= 0.3 is 5.97 Å². The summed E-state index contributed by atoms with van der Waals surface area (Å²) < 4.78 is 11.5. The molecule has 0 aliphatic carbocycles. The van der Waals surface area contributed by atoms with E-state index in [-0.39, 0.29) is 16.5 Å². The third-order valence-electron chi connectivity index (χ3n) is 2.72. The molecule has 0 saturated heterocycles. The molecule has 0 radical (unpaired) electrons. The van der Waals surface area contributed by atoms with E-state index in [1.807, 2.05) is 0 Å². The van der Waals surface area contributed by atoms with Gasteiger partial charge in [-0.2, -0.15) is 0 Å². The zero-order chi connectivity index (χ0) is 16.1. The quantitative estimate of drug-likeness (QED) is 0.432. The van der Waals surface area contributed by atoms with Gasteiger partial charge in [0.1, 0.15) is 6.29 Å². The Bertz CT molecular complexity index is 715. The molecule has 0 saturated carbocycles. The Labute approximate surface area is 141 Å². The van der Waals surface area contributed by atoms with E-state index >= 15 is 0 Å². The predicted octanol–water partition coefficient (Wildman–Crippen LogP) is 4.53. The molecule has 0 fully saturated rings. The molecule has 0 atom stereocenters. The first kappa shape index (κ1) is 16.5. The fourth-order valence-corrected chi connectivity index (χ4v) is 2.44. The monoisotopic (exact) mass is 382 g/mol. The summed E-state index contributed by atoms with van der Waals surface area (Å²) in [5, 5.41) is 0.136. The van der Waals surface area contributed by atoms with Crippen molar-refractivity contribution < 1.29 is 19.1 Å². The van der Waals surface area contributed by atoms with Gasteiger partial charge in [-0.3, -0.25) is 4.79 Å². The van der Waals surface area contributed by atoms with E-state index in [9.17, 15) is 9.59 Å². The molecule has 0 aliphatic rings. The Kier molecular flexibility index (Phi) is 5.57. The van der Waals surface area contributed by atoms with Crippen LogP contribution < -0.4 is 9.47 Å². The summed E-state index contributed by atoms with van der Waals surface area (Å²) in [6.07, 6.45) is 0.647. The van der Waals surface area contributed by atoms with Crippen LogP contribution in [0.5, 0.6) is 11.5 Å². The number of halogens is 2. The van der Waals surface area contributed by atoms with Crippen LogP contribution in [0.15, 0.2) is 40.9 Å². The largest absolute Gasteiger partial charge is 0.490 e. The maximum atomic E-state index is 12.2. The summed E-state index contributed by atoms with van der Waals surface area (Å²) in [5.74, 6) is -0.220. The number of aldehydes is 1. The zero-order valence-corrected chi connectivity index (χ0v) is 14.0. The van der Waals surface area contributed by atoms with Crippen LogP contribution in [0.1, 0.15) is 27.6 Å². The van der Waals surface area contributed by atoms with Crippen LogP contribution in [-0.2, 0) is 0 Å². The molecule has 0 aromatic heterocycles. The number of hydrogen-bond donors (Lipinski definition) is 0. The topological polar surface area (TPSA) is 52.6 Å². The number of hydrogen-bond acceptors (Lipinski definition) is 4. The fraction of sp³-hybridized carbons (Fsp3) is 0.125. The molecule has 4 nitrogen and oxygen atoms in total. The van der Waals surface area contributed by atoms with Crippen molar-refractivity contribution >= 4 is 39.8 Å². The summed E-state index contributed by atoms with van der Waals surface area (Å²) in [5.41, 5.74) is 0.711. The van der Waals surface area contributed by atoms with E-state index in [0.717, 1.165) is 4.47 Å². The van der Waals surface area contributed by atoms with E-state index in [0.29, 0.717) is 24.0 Å². The van der Waals surface area contributed by atoms with Gasteiger partial charge in [-0.25, -0.2) is 4.79 Å². The van der Waals surface area contributed by atoms with E-state index in [1.54, 1.807) is 31.2 Å². The van der Waals surface area contributed by atoms with Gasteiger partial charge in [-0.05, 0) is 37.3 Å². The Morgan fingerprint density at radius 1 is 1.32 bits per heavy atom. The molecule has 22 heavy (non-hydrogen) atoms. The lowest BCUT2D eigenvalue weighted by Crippen LogP contribution is -2.10. The van der Waals surface area contributed by atoms with Crippen molar-refractivity contribution in [2.75, 3.05) is 6.61 Å². The Morgan fingerprint density at radius 3 is 2.73 bits per heavy atom. The minimum Gasteiger partial charge on any atom is -0.490 e. The predicted molar refractivity (Wildman–Crippen MR) is 87.1 cm³/mol. The molecule has 2 aromatic rings. The average molecular weight is 384 g/mol. The molecule has 0 N–H and O–H groups in total. The van der Waals surface area contributed by atoms with Crippen LogP contribution in [0.2, 0.25) is 5.02 Å². The number of esters is 1. The molecule has 0 bridgehead atoms. The number of carbonyl (C=O) groups excluding carboxylic acids is 2. The lowest BCUT2D eigenvalue weighted by Gasteiger charge is -2.13. The van der Waals surface area contributed by atoms with Gasteiger partial charge < -0.3 is 9.47 Å². The summed E-state index contributed by atoms with van der Waals surface area (Å²) in [7, 11) is 0. The standard InChI is InChI=1S/C16H12BrClO4/c1-2-21-14-7-10(9-19)6-13(18)15(14)22-16(20)11-4-3-5-12(17)8-11/h3-9H,2H2,1H3. The smallest absolute Gasteiger partial charge is 0.343 e. The number of ether oxygens (including phenoxy) is 2. The zero-order valence-electron chi connectivity index (χ0n) is 11.6. The van der Waals surface area contributed by atoms with E-state index in [2.05, 4.69) is 15.9 Å². The Morgan fingerprint density at radius 2 is 2.09 bits per heavy atom. The van der Waals surface area contributed by atoms with Crippen LogP contribution in [0.4, 0.5) is 0 Å². The summed E-state index contributed by atoms with van der Waals surface area (Å²) in [6.45, 7) is 2.13. The molecule has 0 amide bonds. The van der Waals surface area contributed by atoms with Crippen molar-refractivity contribution in [1.29, 1.82) is 0 Å². The van der Waals surface area contributed by atoms with Crippen molar-refractivity contribution in [2.24, 2.45) is 0 Å². The molecule has 114 valence electrons. The number of rotatable bonds is 5. The van der Waals surface area contributed by atoms with Gasteiger partial charge in [0.2, 0.25) is 0 Å². The second-order valence-electron chi connectivity index (χ2n) is 4.28. The lowest BCUT2D eigenvalue weighted by atomic mass is 10.2. The van der Waals surface area contributed by atoms with Gasteiger partial charge in [0, 0.05) is 10.0 Å². The highest BCUT2D eigenvalue weighted by Crippen LogP contribution is 2.37. The van der Waals surface area contributed by atoms with Gasteiger partial charge in [-0.15, -0.1) is 0 Å². The molecular formula is C16H12BrClO4. The summed E-state index contributed by atoms with van der Waals surface area (Å²) >= 11 is 9.38. The normalized spacial score (nSPS) is 10.1. The highest BCUT2D eigenvalue weighted by atomic mass is 79.9. The second kappa shape index (κ2) is 7.42. The van der Waals surface area contributed by atoms with Crippen molar-refractivity contribution in [3.05, 3.63) is 57.0 Å². The second-order valence-corrected chi connectivity index (χ2v) is 5.60. The molecule has 0 aliphatic heterocycles. The Balaban J connectivity index is 2.35. The minimum absolute atomic E-state index is 0.0964. The van der Waals surface area contributed by atoms with Crippen molar-refractivity contribution in [3.63, 3.8) is 0 Å². The SMILES string of the molecule is CCOc1cc(C=O)cc(Cl)c1OC(=O)c1cccc(Br)c1. The van der Waals surface area contributed by atoms with E-state index in [4.69, 9.17) is 21.1 Å². The van der Waals surface area contributed by atoms with Gasteiger partial charge in [-0.1, -0.05) is 33.6 Å². The number of carbonyl (C=O) groups is 2. The van der Waals surface area contributed by atoms with E-state index < -0.39 is 5.97 Å². The van der Waals surface area contributed by atoms with Crippen molar-refractivity contribution in [1.82, 2.24) is 0 Å². The first-order valence-electron chi connectivity index (χ1n) is 6.44. The first-order valence-corrected chi connectivity index (χ1v) is 7.61. The lowest BCUT2D eigenvalue weighted by molar-refractivity contribution is 0.0728. The summed E-state index contributed by atoms with van der Waals surface area (Å²) in [4.78, 5) is 23.1. The first-order chi connectivity index (χ1) is 10.5. The molecular weight excluding hydrogens is 372 g/mol. The summed E-state index contributed by atoms with van der Waals surface area (Å²) in [6, 6.07) is 9.68. The van der Waals surface area contributed by atoms with Crippen LogP contribution in [-0.4, -0.2) is 18.9 Å². The third kappa shape index (κ3) is 3.87. The molecule has 0 spiro atoms. The van der Waals surface area contributed by atoms with Gasteiger partial charge in [0.25, 0.3) is 0 Å². The maximum absolute atomic E-state index is 12.2. The van der Waals surface area contributed by atoms with Crippen molar-refractivity contribution in [3.8, 4) is 11.5 Å². The highest BCUT2D eigenvalue weighted by molar-refractivity contribution is 9.10. The maximum Gasteiger partial charge on any atom is 0.343 e. The van der Waals surface area contributed by atoms with E-state index in [1.165, 1.54) is 12.1 Å². The van der Waals surface area contributed by atoms with Crippen molar-refractivity contribution in [2.45, 2.75) is 6.92 Å². The van der Waals surface area contributed by atoms with Crippen LogP contribution in [0.3, 0.4) is 0 Å². The molecule has 0 unspecified atom stereocenters.